The van der Waals surface area contributed by atoms with Gasteiger partial charge in [0, 0.05) is 6.04 Å². The van der Waals surface area contributed by atoms with Crippen LogP contribution < -0.4 is 5.32 Å². The van der Waals surface area contributed by atoms with E-state index in [4.69, 9.17) is 0 Å². The van der Waals surface area contributed by atoms with Crippen molar-refractivity contribution in [1.29, 1.82) is 0 Å². The summed E-state index contributed by atoms with van der Waals surface area (Å²) in [7, 11) is 0. The molecule has 0 aromatic carbocycles. The highest BCUT2D eigenvalue weighted by molar-refractivity contribution is 4.82. The van der Waals surface area contributed by atoms with Crippen molar-refractivity contribution in [2.45, 2.75) is 39.7 Å². The topological polar surface area (TPSA) is 12.0 Å². The Kier molecular flexibility index (Phi) is 2.72. The summed E-state index contributed by atoms with van der Waals surface area (Å²) >= 11 is 0. The van der Waals surface area contributed by atoms with Crippen molar-refractivity contribution in [2.24, 2.45) is 11.8 Å². The van der Waals surface area contributed by atoms with Crippen LogP contribution in [0.2, 0.25) is 0 Å². The molecule has 1 nitrogen and oxygen atoms in total. The van der Waals surface area contributed by atoms with Gasteiger partial charge in [-0.3, -0.25) is 0 Å². The van der Waals surface area contributed by atoms with E-state index in [0.717, 1.165) is 17.9 Å². The maximum atomic E-state index is 3.56. The number of nitrogens with one attached hydrogen (secondary N) is 1. The van der Waals surface area contributed by atoms with Gasteiger partial charge in [-0.15, -0.1) is 0 Å². The normalized spacial score (nSPS) is 33.6. The predicted octanol–water partition coefficient (Wildman–Crippen LogP) is 2.03. The van der Waals surface area contributed by atoms with Crippen LogP contribution in [-0.2, 0) is 0 Å². The average Bonchev–Trinajstić information content (AvgIpc) is 2.34. The minimum Gasteiger partial charge on any atom is -0.313 e. The molecule has 0 radical (unpaired) electrons. The minimum atomic E-state index is 0.796. The summed E-state index contributed by atoms with van der Waals surface area (Å²) in [6.07, 6.45) is 2.74. The molecule has 1 aliphatic rings. The summed E-state index contributed by atoms with van der Waals surface area (Å²) in [4.78, 5) is 0. The molecular formula is C9H19N. The predicted molar refractivity (Wildman–Crippen MR) is 45.0 cm³/mol. The molecule has 0 amide bonds. The Morgan fingerprint density at radius 2 is 2.20 bits per heavy atom. The molecule has 60 valence electrons. The van der Waals surface area contributed by atoms with E-state index in [1.54, 1.807) is 0 Å². The molecule has 1 saturated heterocycles. The number of rotatable bonds is 2. The van der Waals surface area contributed by atoms with E-state index in [1.807, 2.05) is 0 Å². The van der Waals surface area contributed by atoms with E-state index in [9.17, 15) is 0 Å². The summed E-state index contributed by atoms with van der Waals surface area (Å²) in [6.45, 7) is 8.14. The third-order valence-electron chi connectivity index (χ3n) is 2.64. The first-order chi connectivity index (χ1) is 4.74. The maximum Gasteiger partial charge on any atom is 0.00932 e. The monoisotopic (exact) mass is 141 g/mol. The Labute approximate surface area is 64.2 Å². The highest BCUT2D eigenvalue weighted by atomic mass is 15.0. The average molecular weight is 141 g/mol. The zero-order chi connectivity index (χ0) is 7.56. The van der Waals surface area contributed by atoms with Crippen molar-refractivity contribution in [1.82, 2.24) is 5.32 Å². The van der Waals surface area contributed by atoms with Crippen LogP contribution in [0.1, 0.15) is 33.6 Å². The third kappa shape index (κ3) is 1.72. The molecule has 0 bridgehead atoms. The van der Waals surface area contributed by atoms with Crippen LogP contribution in [0, 0.1) is 11.8 Å². The second kappa shape index (κ2) is 3.38. The quantitative estimate of drug-likeness (QED) is 0.620. The summed E-state index contributed by atoms with van der Waals surface area (Å²) in [5.41, 5.74) is 0. The van der Waals surface area contributed by atoms with Crippen molar-refractivity contribution in [3.63, 3.8) is 0 Å². The van der Waals surface area contributed by atoms with E-state index in [0.29, 0.717) is 0 Å². The fraction of sp³-hybridized carbons (Fsp3) is 1.00. The highest BCUT2D eigenvalue weighted by Gasteiger charge is 2.24. The van der Waals surface area contributed by atoms with Gasteiger partial charge in [0.2, 0.25) is 0 Å². The standard InChI is InChI=1S/C9H19N/c1-4-8-5-9(7(2)3)10-6-8/h7-10H,4-6H2,1-3H3. The molecule has 1 fully saturated rings. The lowest BCUT2D eigenvalue weighted by Crippen LogP contribution is -2.26. The van der Waals surface area contributed by atoms with Gasteiger partial charge in [-0.2, -0.15) is 0 Å². The van der Waals surface area contributed by atoms with Crippen molar-refractivity contribution in [3.8, 4) is 0 Å². The molecule has 0 aromatic rings. The first-order valence-electron chi connectivity index (χ1n) is 4.47. The number of hydrogen-bond acceptors (Lipinski definition) is 1. The SMILES string of the molecule is CCC1CNC(C(C)C)C1. The Balaban J connectivity index is 2.28. The molecule has 1 heterocycles. The van der Waals surface area contributed by atoms with E-state index >= 15 is 0 Å². The fourth-order valence-electron chi connectivity index (χ4n) is 1.66. The first-order valence-corrected chi connectivity index (χ1v) is 4.47. The van der Waals surface area contributed by atoms with Gasteiger partial charge in [0.1, 0.15) is 0 Å². The van der Waals surface area contributed by atoms with E-state index < -0.39 is 0 Å². The molecule has 1 aliphatic heterocycles. The van der Waals surface area contributed by atoms with Gasteiger partial charge < -0.3 is 5.32 Å². The van der Waals surface area contributed by atoms with E-state index in [-0.39, 0.29) is 0 Å². The highest BCUT2D eigenvalue weighted by Crippen LogP contribution is 2.21. The first kappa shape index (κ1) is 8.06. The van der Waals surface area contributed by atoms with Gasteiger partial charge in [-0.25, -0.2) is 0 Å². The zero-order valence-electron chi connectivity index (χ0n) is 7.35. The number of hydrogen-bond donors (Lipinski definition) is 1. The Morgan fingerprint density at radius 3 is 2.50 bits per heavy atom. The largest absolute Gasteiger partial charge is 0.313 e. The molecule has 0 spiro atoms. The van der Waals surface area contributed by atoms with Crippen LogP contribution in [0.4, 0.5) is 0 Å². The van der Waals surface area contributed by atoms with Gasteiger partial charge in [0.05, 0.1) is 0 Å². The second-order valence-corrected chi connectivity index (χ2v) is 3.77. The van der Waals surface area contributed by atoms with Crippen LogP contribution in [0.15, 0.2) is 0 Å². The van der Waals surface area contributed by atoms with Gasteiger partial charge in [0.15, 0.2) is 0 Å². The zero-order valence-corrected chi connectivity index (χ0v) is 7.35. The Hall–Kier alpha value is -0.0400. The van der Waals surface area contributed by atoms with E-state index in [1.165, 1.54) is 19.4 Å². The molecule has 2 unspecified atom stereocenters. The molecule has 0 aromatic heterocycles. The van der Waals surface area contributed by atoms with Crippen molar-refractivity contribution in [3.05, 3.63) is 0 Å². The van der Waals surface area contributed by atoms with Crippen LogP contribution in [-0.4, -0.2) is 12.6 Å². The molecule has 1 heteroatoms. The summed E-state index contributed by atoms with van der Waals surface area (Å²) in [5, 5.41) is 3.56. The molecule has 1 N–H and O–H groups in total. The van der Waals surface area contributed by atoms with Gasteiger partial charge in [-0.05, 0) is 24.8 Å². The smallest absolute Gasteiger partial charge is 0.00932 e. The Morgan fingerprint density at radius 1 is 1.50 bits per heavy atom. The van der Waals surface area contributed by atoms with Gasteiger partial charge >= 0.3 is 0 Å². The molecule has 1 rings (SSSR count). The minimum absolute atomic E-state index is 0.796. The molecule has 0 aliphatic carbocycles. The third-order valence-corrected chi connectivity index (χ3v) is 2.64. The van der Waals surface area contributed by atoms with Gasteiger partial charge in [-0.1, -0.05) is 27.2 Å². The van der Waals surface area contributed by atoms with Crippen LogP contribution in [0.3, 0.4) is 0 Å². The lowest BCUT2D eigenvalue weighted by Gasteiger charge is -2.13. The maximum absolute atomic E-state index is 3.56. The second-order valence-electron chi connectivity index (χ2n) is 3.77. The van der Waals surface area contributed by atoms with Crippen molar-refractivity contribution < 1.29 is 0 Å². The lowest BCUT2D eigenvalue weighted by atomic mass is 9.97. The summed E-state index contributed by atoms with van der Waals surface area (Å²) < 4.78 is 0. The van der Waals surface area contributed by atoms with Crippen LogP contribution in [0.5, 0.6) is 0 Å². The van der Waals surface area contributed by atoms with E-state index in [2.05, 4.69) is 26.1 Å². The molecule has 0 saturated carbocycles. The van der Waals surface area contributed by atoms with Crippen LogP contribution in [0.25, 0.3) is 0 Å². The molecular weight excluding hydrogens is 122 g/mol. The molecule has 2 atom stereocenters. The van der Waals surface area contributed by atoms with Gasteiger partial charge in [0.25, 0.3) is 0 Å². The lowest BCUT2D eigenvalue weighted by molar-refractivity contribution is 0.436. The fourth-order valence-corrected chi connectivity index (χ4v) is 1.66. The van der Waals surface area contributed by atoms with Crippen molar-refractivity contribution >= 4 is 0 Å². The van der Waals surface area contributed by atoms with Crippen LogP contribution >= 0.6 is 0 Å². The molecule has 10 heavy (non-hydrogen) atoms. The van der Waals surface area contributed by atoms with Crippen molar-refractivity contribution in [2.75, 3.05) is 6.54 Å². The summed E-state index contributed by atoms with van der Waals surface area (Å²) in [6, 6.07) is 0.796. The Bertz CT molecular complexity index is 98.9. The summed E-state index contributed by atoms with van der Waals surface area (Å²) in [5.74, 6) is 1.77.